The van der Waals surface area contributed by atoms with Crippen molar-refractivity contribution in [3.8, 4) is 10.6 Å². The minimum Gasteiger partial charge on any atom is -0.312 e. The minimum absolute atomic E-state index is 0.0514. The molecule has 1 amide bonds. The van der Waals surface area contributed by atoms with Crippen LogP contribution in [0.5, 0.6) is 0 Å². The van der Waals surface area contributed by atoms with Crippen LogP contribution in [0, 0.1) is 13.8 Å². The summed E-state index contributed by atoms with van der Waals surface area (Å²) in [6.45, 7) is 6.72. The molecule has 0 spiro atoms. The van der Waals surface area contributed by atoms with Crippen molar-refractivity contribution in [2.24, 2.45) is 0 Å². The number of anilines is 1. The molecular weight excluding hydrogens is 364 g/mol. The van der Waals surface area contributed by atoms with Gasteiger partial charge in [-0.15, -0.1) is 11.3 Å². The number of hydrogen-bond donors (Lipinski definition) is 0. The number of halogens is 1. The normalized spacial score (nSPS) is 10.8. The maximum atomic E-state index is 12.9. The minimum atomic E-state index is 0.0514. The number of aryl methyl sites for hydroxylation is 2. The zero-order chi connectivity index (χ0) is 18.7. The molecule has 0 atom stereocenters. The summed E-state index contributed by atoms with van der Waals surface area (Å²) < 4.78 is 0. The molecule has 2 aromatic carbocycles. The van der Waals surface area contributed by atoms with E-state index in [9.17, 15) is 4.79 Å². The fourth-order valence-corrected chi connectivity index (χ4v) is 4.13. The summed E-state index contributed by atoms with van der Waals surface area (Å²) in [5.74, 6) is 0.0514. The number of nitrogens with zero attached hydrogens (tertiary/aromatic N) is 2. The molecule has 1 aromatic heterocycles. The van der Waals surface area contributed by atoms with E-state index in [0.717, 1.165) is 27.5 Å². The van der Waals surface area contributed by atoms with E-state index in [0.29, 0.717) is 11.6 Å². The zero-order valence-corrected chi connectivity index (χ0v) is 16.7. The molecule has 0 saturated heterocycles. The standard InChI is InChI=1S/C21H21ClN2OS/c1-4-24(19-10-9-14(2)11-15(19)3)20(25)12-16-13-26-21(23-16)17-7-5-6-8-18(17)22/h5-11,13H,4,12H2,1-3H3. The van der Waals surface area contributed by atoms with Crippen molar-refractivity contribution in [2.75, 3.05) is 11.4 Å². The lowest BCUT2D eigenvalue weighted by atomic mass is 10.1. The molecule has 0 aliphatic rings. The largest absolute Gasteiger partial charge is 0.312 e. The van der Waals surface area contributed by atoms with Crippen molar-refractivity contribution in [2.45, 2.75) is 27.2 Å². The molecule has 0 aliphatic carbocycles. The van der Waals surface area contributed by atoms with Gasteiger partial charge in [0.15, 0.2) is 0 Å². The fraction of sp³-hybridized carbons (Fsp3) is 0.238. The van der Waals surface area contributed by atoms with Crippen LogP contribution in [0.2, 0.25) is 5.02 Å². The quantitative estimate of drug-likeness (QED) is 0.567. The van der Waals surface area contributed by atoms with Gasteiger partial charge in [-0.25, -0.2) is 4.98 Å². The van der Waals surface area contributed by atoms with E-state index < -0.39 is 0 Å². The molecule has 0 fully saturated rings. The number of rotatable bonds is 5. The Labute approximate surface area is 163 Å². The molecule has 134 valence electrons. The third-order valence-electron chi connectivity index (χ3n) is 4.25. The number of hydrogen-bond acceptors (Lipinski definition) is 3. The van der Waals surface area contributed by atoms with Crippen molar-refractivity contribution >= 4 is 34.5 Å². The molecule has 0 radical (unpaired) electrons. The third-order valence-corrected chi connectivity index (χ3v) is 5.50. The van der Waals surface area contributed by atoms with Crippen LogP contribution in [0.25, 0.3) is 10.6 Å². The topological polar surface area (TPSA) is 33.2 Å². The Morgan fingerprint density at radius 3 is 2.65 bits per heavy atom. The number of thiazole rings is 1. The van der Waals surface area contributed by atoms with Gasteiger partial charge in [0, 0.05) is 23.2 Å². The summed E-state index contributed by atoms with van der Waals surface area (Å²) in [6, 6.07) is 13.8. The maximum Gasteiger partial charge on any atom is 0.233 e. The van der Waals surface area contributed by atoms with Crippen LogP contribution in [-0.4, -0.2) is 17.4 Å². The van der Waals surface area contributed by atoms with Gasteiger partial charge < -0.3 is 4.90 Å². The van der Waals surface area contributed by atoms with Gasteiger partial charge in [0.05, 0.1) is 17.1 Å². The Hall–Kier alpha value is -2.17. The van der Waals surface area contributed by atoms with E-state index in [1.807, 2.05) is 60.5 Å². The van der Waals surface area contributed by atoms with E-state index in [4.69, 9.17) is 11.6 Å². The average Bonchev–Trinajstić information content (AvgIpc) is 3.06. The number of likely N-dealkylation sites (N-methyl/N-ethyl adjacent to an activating group) is 1. The molecule has 0 aliphatic heterocycles. The van der Waals surface area contributed by atoms with E-state index in [-0.39, 0.29) is 12.3 Å². The second kappa shape index (κ2) is 8.02. The van der Waals surface area contributed by atoms with Gasteiger partial charge in [0.1, 0.15) is 5.01 Å². The third kappa shape index (κ3) is 3.97. The Kier molecular flexibility index (Phi) is 5.74. The predicted molar refractivity (Wildman–Crippen MR) is 110 cm³/mol. The smallest absolute Gasteiger partial charge is 0.233 e. The van der Waals surface area contributed by atoms with Crippen LogP contribution >= 0.6 is 22.9 Å². The van der Waals surface area contributed by atoms with E-state index in [1.54, 1.807) is 0 Å². The summed E-state index contributed by atoms with van der Waals surface area (Å²) >= 11 is 7.76. The van der Waals surface area contributed by atoms with Gasteiger partial charge in [-0.1, -0.05) is 47.5 Å². The van der Waals surface area contributed by atoms with Gasteiger partial charge in [-0.05, 0) is 38.5 Å². The van der Waals surface area contributed by atoms with Crippen LogP contribution in [0.4, 0.5) is 5.69 Å². The number of carbonyl (C=O) groups is 1. The van der Waals surface area contributed by atoms with Gasteiger partial charge in [0.25, 0.3) is 0 Å². The molecule has 26 heavy (non-hydrogen) atoms. The molecular formula is C21H21ClN2OS. The van der Waals surface area contributed by atoms with E-state index in [2.05, 4.69) is 18.0 Å². The second-order valence-corrected chi connectivity index (χ2v) is 7.49. The van der Waals surface area contributed by atoms with Gasteiger partial charge in [-0.2, -0.15) is 0 Å². The van der Waals surface area contributed by atoms with Gasteiger partial charge in [-0.3, -0.25) is 4.79 Å². The molecule has 3 nitrogen and oxygen atoms in total. The number of carbonyl (C=O) groups excluding carboxylic acids is 1. The van der Waals surface area contributed by atoms with Gasteiger partial charge >= 0.3 is 0 Å². The molecule has 3 aromatic rings. The first-order valence-corrected chi connectivity index (χ1v) is 9.82. The van der Waals surface area contributed by atoms with Crippen LogP contribution in [0.1, 0.15) is 23.7 Å². The highest BCUT2D eigenvalue weighted by molar-refractivity contribution is 7.13. The van der Waals surface area contributed by atoms with Crippen LogP contribution in [0.3, 0.4) is 0 Å². The SMILES string of the molecule is CCN(C(=O)Cc1csc(-c2ccccc2Cl)n1)c1ccc(C)cc1C. The monoisotopic (exact) mass is 384 g/mol. The van der Waals surface area contributed by atoms with Crippen LogP contribution in [0.15, 0.2) is 47.8 Å². The maximum absolute atomic E-state index is 12.9. The summed E-state index contributed by atoms with van der Waals surface area (Å²) in [5, 5.41) is 3.45. The second-order valence-electron chi connectivity index (χ2n) is 6.23. The Balaban J connectivity index is 1.80. The first-order valence-electron chi connectivity index (χ1n) is 8.56. The average molecular weight is 385 g/mol. The Morgan fingerprint density at radius 1 is 1.19 bits per heavy atom. The van der Waals surface area contributed by atoms with Crippen molar-refractivity contribution in [1.82, 2.24) is 4.98 Å². The fourth-order valence-electron chi connectivity index (χ4n) is 2.99. The summed E-state index contributed by atoms with van der Waals surface area (Å²) in [7, 11) is 0. The highest BCUT2D eigenvalue weighted by atomic mass is 35.5. The highest BCUT2D eigenvalue weighted by Gasteiger charge is 2.18. The molecule has 0 unspecified atom stereocenters. The first kappa shape index (κ1) is 18.6. The van der Waals surface area contributed by atoms with E-state index in [1.165, 1.54) is 16.9 Å². The Morgan fingerprint density at radius 2 is 1.96 bits per heavy atom. The lowest BCUT2D eigenvalue weighted by Gasteiger charge is -2.23. The molecule has 5 heteroatoms. The Bertz CT molecular complexity index is 935. The predicted octanol–water partition coefficient (Wildman–Crippen LogP) is 5.68. The molecule has 0 saturated carbocycles. The molecule has 0 N–H and O–H groups in total. The van der Waals surface area contributed by atoms with Crippen molar-refractivity contribution in [1.29, 1.82) is 0 Å². The number of aromatic nitrogens is 1. The van der Waals surface area contributed by atoms with E-state index >= 15 is 0 Å². The number of benzene rings is 2. The first-order chi connectivity index (χ1) is 12.5. The van der Waals surface area contributed by atoms with Crippen molar-refractivity contribution in [3.63, 3.8) is 0 Å². The summed E-state index contributed by atoms with van der Waals surface area (Å²) in [4.78, 5) is 19.3. The lowest BCUT2D eigenvalue weighted by Crippen LogP contribution is -2.32. The van der Waals surface area contributed by atoms with Gasteiger partial charge in [0.2, 0.25) is 5.91 Å². The summed E-state index contributed by atoms with van der Waals surface area (Å²) in [6.07, 6.45) is 0.280. The van der Waals surface area contributed by atoms with Crippen molar-refractivity contribution in [3.05, 3.63) is 69.7 Å². The molecule has 0 bridgehead atoms. The summed E-state index contributed by atoms with van der Waals surface area (Å²) in [5.41, 5.74) is 4.94. The highest BCUT2D eigenvalue weighted by Crippen LogP contribution is 2.30. The number of amides is 1. The lowest BCUT2D eigenvalue weighted by molar-refractivity contribution is -0.118. The van der Waals surface area contributed by atoms with Crippen LogP contribution < -0.4 is 4.90 Å². The molecule has 3 rings (SSSR count). The van der Waals surface area contributed by atoms with Crippen LogP contribution in [-0.2, 0) is 11.2 Å². The molecule has 1 heterocycles. The van der Waals surface area contributed by atoms with Crippen molar-refractivity contribution < 1.29 is 4.79 Å². The zero-order valence-electron chi connectivity index (χ0n) is 15.1.